The van der Waals surface area contributed by atoms with E-state index in [1.165, 1.54) is 14.2 Å². The monoisotopic (exact) mass is 839 g/mol. The molecular formula is C46H70N4O10. The first-order chi connectivity index (χ1) is 27.9. The lowest BCUT2D eigenvalue weighted by Gasteiger charge is -2.39. The number of ether oxygens (including phenoxy) is 2. The van der Waals surface area contributed by atoms with Gasteiger partial charge in [0.25, 0.3) is 0 Å². The van der Waals surface area contributed by atoms with Gasteiger partial charge in [-0.15, -0.1) is 0 Å². The van der Waals surface area contributed by atoms with Crippen LogP contribution in [-0.4, -0.2) is 113 Å². The molecule has 14 heteroatoms. The molecule has 1 aliphatic heterocycles. The summed E-state index contributed by atoms with van der Waals surface area (Å²) in [5, 5.41) is 24.3. The summed E-state index contributed by atoms with van der Waals surface area (Å²) in [6.45, 7) is 19.9. The van der Waals surface area contributed by atoms with Crippen LogP contribution in [0.15, 0.2) is 60.7 Å². The number of amides is 2. The van der Waals surface area contributed by atoms with Crippen molar-refractivity contribution in [2.24, 2.45) is 16.2 Å². The van der Waals surface area contributed by atoms with Crippen LogP contribution in [0.2, 0.25) is 0 Å². The molecule has 2 aromatic rings. The Bertz CT molecular complexity index is 1700. The summed E-state index contributed by atoms with van der Waals surface area (Å²) in [7, 11) is 2.58. The zero-order valence-corrected chi connectivity index (χ0v) is 37.6. The Hall–Kier alpha value is -4.82. The number of nitrogens with zero attached hydrogens (tertiary/aromatic N) is 2. The second kappa shape index (κ2) is 23.3. The van der Waals surface area contributed by atoms with E-state index in [9.17, 15) is 33.9 Å². The maximum absolute atomic E-state index is 13.7. The smallest absolute Gasteiger partial charge is 0.328 e. The molecule has 14 nitrogen and oxygen atoms in total. The van der Waals surface area contributed by atoms with Crippen molar-refractivity contribution in [1.29, 1.82) is 0 Å². The van der Waals surface area contributed by atoms with Crippen LogP contribution in [0.1, 0.15) is 106 Å². The molecule has 60 heavy (non-hydrogen) atoms. The van der Waals surface area contributed by atoms with Crippen molar-refractivity contribution in [2.75, 3.05) is 27.3 Å². The predicted octanol–water partition coefficient (Wildman–Crippen LogP) is 5.71. The molecule has 4 N–H and O–H groups in total. The molecule has 5 atom stereocenters. The Balaban J connectivity index is 0.000000422. The van der Waals surface area contributed by atoms with Gasteiger partial charge in [0.1, 0.15) is 18.1 Å². The topological polar surface area (TPSA) is 192 Å². The summed E-state index contributed by atoms with van der Waals surface area (Å²) in [4.78, 5) is 77.8. The fraction of sp³-hybridized carbons (Fsp3) is 0.609. The van der Waals surface area contributed by atoms with Crippen LogP contribution in [0.5, 0.6) is 0 Å². The van der Waals surface area contributed by atoms with E-state index in [0.29, 0.717) is 25.9 Å². The first-order valence-electron chi connectivity index (χ1n) is 20.6. The van der Waals surface area contributed by atoms with Crippen LogP contribution in [0.4, 0.5) is 0 Å². The molecule has 0 spiro atoms. The zero-order chi connectivity index (χ0) is 45.4. The Kier molecular flexibility index (Phi) is 19.9. The number of aliphatic carboxylic acids is 2. The molecule has 1 heterocycles. The van der Waals surface area contributed by atoms with E-state index in [4.69, 9.17) is 14.6 Å². The van der Waals surface area contributed by atoms with Crippen LogP contribution in [0.25, 0.3) is 0 Å². The van der Waals surface area contributed by atoms with Crippen LogP contribution < -0.4 is 10.6 Å². The number of hydrogen-bond acceptors (Lipinski definition) is 10. The molecule has 0 aliphatic carbocycles. The Morgan fingerprint density at radius 3 is 1.67 bits per heavy atom. The quantitative estimate of drug-likeness (QED) is 0.126. The summed E-state index contributed by atoms with van der Waals surface area (Å²) in [6.07, 6.45) is 1.72. The number of carbonyl (C=O) groups excluding carboxylic acids is 4. The van der Waals surface area contributed by atoms with Crippen LogP contribution in [0, 0.1) is 16.2 Å². The maximum Gasteiger partial charge on any atom is 0.328 e. The Labute approximate surface area is 356 Å². The second-order valence-electron chi connectivity index (χ2n) is 19.1. The van der Waals surface area contributed by atoms with Gasteiger partial charge in [-0.3, -0.25) is 24.1 Å². The summed E-state index contributed by atoms with van der Waals surface area (Å²) in [6, 6.07) is 15.3. The largest absolute Gasteiger partial charge is 0.481 e. The third-order valence-corrected chi connectivity index (χ3v) is 10.1. The molecule has 2 amide bonds. The summed E-state index contributed by atoms with van der Waals surface area (Å²) < 4.78 is 9.90. The molecular weight excluding hydrogens is 769 g/mol. The normalized spacial score (nSPS) is 17.4. The van der Waals surface area contributed by atoms with Crippen LogP contribution in [-0.2, 0) is 51.1 Å². The Morgan fingerprint density at radius 2 is 1.22 bits per heavy atom. The highest BCUT2D eigenvalue weighted by Crippen LogP contribution is 2.36. The first kappa shape index (κ1) is 51.3. The number of carboxylic acid groups (broad SMARTS) is 2. The van der Waals surface area contributed by atoms with E-state index in [1.54, 1.807) is 4.90 Å². The fourth-order valence-corrected chi connectivity index (χ4v) is 6.87. The first-order valence-corrected chi connectivity index (χ1v) is 20.6. The van der Waals surface area contributed by atoms with E-state index < -0.39 is 60.1 Å². The van der Waals surface area contributed by atoms with Gasteiger partial charge in [0.05, 0.1) is 39.3 Å². The molecule has 2 aromatic carbocycles. The van der Waals surface area contributed by atoms with E-state index in [1.807, 2.05) is 65.6 Å². The van der Waals surface area contributed by atoms with Gasteiger partial charge in [-0.1, -0.05) is 123 Å². The third-order valence-electron chi connectivity index (χ3n) is 10.1. The molecule has 1 aliphatic rings. The number of methoxy groups -OCH3 is 2. The number of rotatable bonds is 19. The molecule has 3 unspecified atom stereocenters. The van der Waals surface area contributed by atoms with Crippen molar-refractivity contribution in [3.63, 3.8) is 0 Å². The van der Waals surface area contributed by atoms with Gasteiger partial charge in [-0.05, 0) is 53.2 Å². The summed E-state index contributed by atoms with van der Waals surface area (Å²) in [5.74, 6) is -4.02. The van der Waals surface area contributed by atoms with Gasteiger partial charge in [-0.25, -0.2) is 9.59 Å². The van der Waals surface area contributed by atoms with Gasteiger partial charge in [-0.2, -0.15) is 0 Å². The third kappa shape index (κ3) is 18.2. The van der Waals surface area contributed by atoms with E-state index in [-0.39, 0.29) is 41.4 Å². The molecule has 0 bridgehead atoms. The number of esters is 2. The molecule has 0 radical (unpaired) electrons. The highest BCUT2D eigenvalue weighted by Gasteiger charge is 2.51. The van der Waals surface area contributed by atoms with Crippen LogP contribution in [0.3, 0.4) is 0 Å². The highest BCUT2D eigenvalue weighted by atomic mass is 16.5. The predicted molar refractivity (Wildman–Crippen MR) is 230 cm³/mol. The average Bonchev–Trinajstić information content (AvgIpc) is 3.38. The van der Waals surface area contributed by atoms with Crippen molar-refractivity contribution in [1.82, 2.24) is 20.4 Å². The van der Waals surface area contributed by atoms with Crippen molar-refractivity contribution in [3.05, 3.63) is 71.8 Å². The van der Waals surface area contributed by atoms with E-state index in [0.717, 1.165) is 24.0 Å². The van der Waals surface area contributed by atoms with E-state index in [2.05, 4.69) is 72.9 Å². The van der Waals surface area contributed by atoms with Gasteiger partial charge in [0.2, 0.25) is 11.8 Å². The van der Waals surface area contributed by atoms with Crippen molar-refractivity contribution < 1.29 is 48.5 Å². The molecule has 3 rings (SSSR count). The lowest BCUT2D eigenvalue weighted by molar-refractivity contribution is -0.153. The lowest BCUT2D eigenvalue weighted by atomic mass is 9.88. The molecule has 1 fully saturated rings. The van der Waals surface area contributed by atoms with Gasteiger partial charge >= 0.3 is 23.9 Å². The summed E-state index contributed by atoms with van der Waals surface area (Å²) in [5.41, 5.74) is 1.71. The van der Waals surface area contributed by atoms with Crippen molar-refractivity contribution >= 4 is 35.7 Å². The SMILES string of the molecule is COC(=O)C(Cc1ccccc1)N1C(=O)C(CC(=O)O)N(CCC(C)(C)C)C1CC(C)(C)C.COC(=O)[C@H](Cc1ccccc1)NC(=O)[C@H](CC(=O)O)NCCC(C)(C)C. The Morgan fingerprint density at radius 1 is 0.700 bits per heavy atom. The van der Waals surface area contributed by atoms with Gasteiger partial charge in [0, 0.05) is 19.4 Å². The number of carbonyl (C=O) groups is 6. The minimum Gasteiger partial charge on any atom is -0.481 e. The zero-order valence-electron chi connectivity index (χ0n) is 37.6. The number of hydrogen-bond donors (Lipinski definition) is 4. The van der Waals surface area contributed by atoms with Gasteiger partial charge < -0.3 is 35.2 Å². The summed E-state index contributed by atoms with van der Waals surface area (Å²) >= 11 is 0. The number of nitrogens with one attached hydrogen (secondary N) is 2. The standard InChI is InChI=1S/C26H40N2O5.C20H30N2O5/c1-25(2,3)13-14-27-19(16-22(29)30)23(31)28(21(27)17-26(4,5)6)20(24(32)33-7)15-18-11-9-8-10-12-18;1-20(2,3)10-11-21-15(13-17(23)24)18(25)22-16(19(26)27-4)12-14-8-6-5-7-9-14/h8-12,19-21H,13-17H2,1-7H3,(H,29,30);5-9,15-16,21H,10-13H2,1-4H3,(H,22,25)(H,23,24)/t;15-,16-/m.0/s1. The molecule has 334 valence electrons. The maximum atomic E-state index is 13.7. The van der Waals surface area contributed by atoms with Crippen LogP contribution >= 0.6 is 0 Å². The van der Waals surface area contributed by atoms with Crippen molar-refractivity contribution in [2.45, 2.75) is 138 Å². The second-order valence-corrected chi connectivity index (χ2v) is 19.1. The average molecular weight is 839 g/mol. The lowest BCUT2D eigenvalue weighted by Crippen LogP contribution is -2.52. The fourth-order valence-electron chi connectivity index (χ4n) is 6.87. The molecule has 0 saturated carbocycles. The van der Waals surface area contributed by atoms with E-state index >= 15 is 0 Å². The number of benzene rings is 2. The van der Waals surface area contributed by atoms with Crippen molar-refractivity contribution in [3.8, 4) is 0 Å². The van der Waals surface area contributed by atoms with Gasteiger partial charge in [0.15, 0.2) is 0 Å². The molecule has 1 saturated heterocycles. The molecule has 0 aromatic heterocycles. The minimum absolute atomic E-state index is 0.0162. The number of carboxylic acids is 2. The highest BCUT2D eigenvalue weighted by molar-refractivity contribution is 5.92. The minimum atomic E-state index is -1.09.